The number of nitrogens with one attached hydrogen (secondary N) is 1. The van der Waals surface area contributed by atoms with E-state index in [-0.39, 0.29) is 5.97 Å². The molecule has 0 saturated heterocycles. The first-order valence-electron chi connectivity index (χ1n) is 13.3. The van der Waals surface area contributed by atoms with Crippen LogP contribution in [-0.4, -0.2) is 30.4 Å². The zero-order chi connectivity index (χ0) is 27.4. The number of hydrogen-bond acceptors (Lipinski definition) is 6. The first kappa shape index (κ1) is 26.2. The number of carbonyl (C=O) groups excluding carboxylic acids is 2. The molecule has 3 aromatic carbocycles. The van der Waals surface area contributed by atoms with Crippen molar-refractivity contribution in [2.45, 2.75) is 45.1 Å². The maximum absolute atomic E-state index is 12.4. The molecule has 4 aromatic rings. The van der Waals surface area contributed by atoms with E-state index >= 15 is 0 Å². The third kappa shape index (κ3) is 5.30. The molecule has 7 heteroatoms. The topological polar surface area (TPSA) is 90.7 Å². The van der Waals surface area contributed by atoms with Gasteiger partial charge in [-0.3, -0.25) is 4.79 Å². The van der Waals surface area contributed by atoms with E-state index in [9.17, 15) is 9.59 Å². The highest BCUT2D eigenvalue weighted by molar-refractivity contribution is 5.87. The van der Waals surface area contributed by atoms with Gasteiger partial charge in [0.05, 0.1) is 23.3 Å². The summed E-state index contributed by atoms with van der Waals surface area (Å²) in [6.45, 7) is 6.37. The monoisotopic (exact) mass is 524 g/mol. The molecule has 0 aliphatic heterocycles. The zero-order valence-corrected chi connectivity index (χ0v) is 22.4. The Hall–Kier alpha value is -4.39. The first-order chi connectivity index (χ1) is 19.0. The Morgan fingerprint density at radius 1 is 0.923 bits per heavy atom. The number of carbonyl (C=O) groups is 2. The standard InChI is InChI=1S/C32H32N2O5/c1-4-33-31(36)38-28(24-9-7-6-8-10-24)27-21(3)34-39-29(27)25-13-11-22(12-14-25)23-15-17-26(18-16-23)32(19-20-32)30(35)37-5-2/h6-18,28H,4-5,19-20H2,1-3H3,(H,33,36)/t28-/m1/s1. The quantitative estimate of drug-likeness (QED) is 0.244. The van der Waals surface area contributed by atoms with Crippen molar-refractivity contribution in [3.63, 3.8) is 0 Å². The van der Waals surface area contributed by atoms with Gasteiger partial charge in [-0.1, -0.05) is 84.0 Å². The fourth-order valence-corrected chi connectivity index (χ4v) is 4.91. The summed E-state index contributed by atoms with van der Waals surface area (Å²) in [4.78, 5) is 24.9. The van der Waals surface area contributed by atoms with Crippen molar-refractivity contribution in [3.8, 4) is 22.5 Å². The van der Waals surface area contributed by atoms with Crippen LogP contribution in [0.25, 0.3) is 22.5 Å². The van der Waals surface area contributed by atoms with Crippen molar-refractivity contribution in [1.29, 1.82) is 0 Å². The van der Waals surface area contributed by atoms with Crippen molar-refractivity contribution in [2.75, 3.05) is 13.2 Å². The molecule has 1 saturated carbocycles. The van der Waals surface area contributed by atoms with Gasteiger partial charge in [0, 0.05) is 12.1 Å². The van der Waals surface area contributed by atoms with Crippen LogP contribution in [0.3, 0.4) is 0 Å². The molecule has 1 fully saturated rings. The number of rotatable bonds is 9. The molecular formula is C32H32N2O5. The molecule has 1 aromatic heterocycles. The third-order valence-electron chi connectivity index (χ3n) is 7.15. The second-order valence-corrected chi connectivity index (χ2v) is 9.69. The van der Waals surface area contributed by atoms with Crippen molar-refractivity contribution < 1.29 is 23.6 Å². The lowest BCUT2D eigenvalue weighted by Gasteiger charge is -2.19. The minimum atomic E-state index is -0.680. The van der Waals surface area contributed by atoms with Crippen LogP contribution in [0.15, 0.2) is 83.4 Å². The minimum absolute atomic E-state index is 0.134. The fraction of sp³-hybridized carbons (Fsp3) is 0.281. The molecule has 1 aliphatic carbocycles. The number of ether oxygens (including phenoxy) is 2. The zero-order valence-electron chi connectivity index (χ0n) is 22.4. The molecule has 39 heavy (non-hydrogen) atoms. The molecule has 0 unspecified atom stereocenters. The van der Waals surface area contributed by atoms with Crippen LogP contribution in [0.1, 0.15) is 55.2 Å². The summed E-state index contributed by atoms with van der Waals surface area (Å²) >= 11 is 0. The SMILES string of the molecule is CCNC(=O)O[C@H](c1ccccc1)c1c(C)noc1-c1ccc(-c2ccc(C3(C(=O)OCC)CC3)cc2)cc1. The van der Waals surface area contributed by atoms with E-state index in [1.165, 1.54) is 0 Å². The smallest absolute Gasteiger partial charge is 0.408 e. The second kappa shape index (κ2) is 11.2. The molecule has 7 nitrogen and oxygen atoms in total. The number of alkyl carbamates (subject to hydrolysis) is 1. The van der Waals surface area contributed by atoms with Crippen LogP contribution >= 0.6 is 0 Å². The average Bonchev–Trinajstić information content (AvgIpc) is 3.69. The van der Waals surface area contributed by atoms with E-state index in [1.807, 2.05) is 99.6 Å². The van der Waals surface area contributed by atoms with Gasteiger partial charge in [-0.25, -0.2) is 4.79 Å². The normalized spacial score (nSPS) is 14.3. The van der Waals surface area contributed by atoms with E-state index in [1.54, 1.807) is 0 Å². The van der Waals surface area contributed by atoms with Crippen molar-refractivity contribution in [3.05, 3.63) is 101 Å². The summed E-state index contributed by atoms with van der Waals surface area (Å²) in [7, 11) is 0. The number of hydrogen-bond donors (Lipinski definition) is 1. The van der Waals surface area contributed by atoms with E-state index in [0.29, 0.717) is 30.2 Å². The Balaban J connectivity index is 1.42. The van der Waals surface area contributed by atoms with Crippen LogP contribution in [0, 0.1) is 6.92 Å². The molecule has 0 bridgehead atoms. The Morgan fingerprint density at radius 3 is 2.13 bits per heavy atom. The van der Waals surface area contributed by atoms with Gasteiger partial charge in [-0.15, -0.1) is 0 Å². The molecular weight excluding hydrogens is 492 g/mol. The van der Waals surface area contributed by atoms with Gasteiger partial charge >= 0.3 is 12.1 Å². The van der Waals surface area contributed by atoms with Gasteiger partial charge in [0.1, 0.15) is 0 Å². The maximum Gasteiger partial charge on any atom is 0.408 e. The number of aromatic nitrogens is 1. The van der Waals surface area contributed by atoms with E-state index in [0.717, 1.165) is 40.7 Å². The molecule has 200 valence electrons. The second-order valence-electron chi connectivity index (χ2n) is 9.69. The lowest BCUT2D eigenvalue weighted by atomic mass is 9.93. The van der Waals surface area contributed by atoms with Crippen LogP contribution in [0.5, 0.6) is 0 Å². The number of nitrogens with zero attached hydrogens (tertiary/aromatic N) is 1. The van der Waals surface area contributed by atoms with Crippen molar-refractivity contribution >= 4 is 12.1 Å². The average molecular weight is 525 g/mol. The fourth-order valence-electron chi connectivity index (χ4n) is 4.91. The van der Waals surface area contributed by atoms with Crippen molar-refractivity contribution in [2.24, 2.45) is 0 Å². The summed E-state index contributed by atoms with van der Waals surface area (Å²) < 4.78 is 16.9. The predicted molar refractivity (Wildman–Crippen MR) is 148 cm³/mol. The summed E-state index contributed by atoms with van der Waals surface area (Å²) in [5.41, 5.74) is 5.60. The van der Waals surface area contributed by atoms with E-state index in [4.69, 9.17) is 14.0 Å². The Labute approximate surface area is 228 Å². The van der Waals surface area contributed by atoms with Gasteiger partial charge < -0.3 is 19.3 Å². The van der Waals surface area contributed by atoms with Crippen LogP contribution in [-0.2, 0) is 19.7 Å². The van der Waals surface area contributed by atoms with E-state index < -0.39 is 17.6 Å². The largest absolute Gasteiger partial charge is 0.465 e. The highest BCUT2D eigenvalue weighted by Gasteiger charge is 2.52. The van der Waals surface area contributed by atoms with Crippen LogP contribution in [0.4, 0.5) is 4.79 Å². The van der Waals surface area contributed by atoms with Gasteiger partial charge in [0.25, 0.3) is 0 Å². The van der Waals surface area contributed by atoms with Crippen molar-refractivity contribution in [1.82, 2.24) is 10.5 Å². The van der Waals surface area contributed by atoms with Gasteiger partial charge in [0.2, 0.25) is 0 Å². The van der Waals surface area contributed by atoms with Crippen LogP contribution < -0.4 is 5.32 Å². The Morgan fingerprint density at radius 2 is 1.54 bits per heavy atom. The molecule has 1 heterocycles. The number of benzene rings is 3. The molecule has 1 aliphatic rings. The van der Waals surface area contributed by atoms with Crippen LogP contribution in [0.2, 0.25) is 0 Å². The third-order valence-corrected chi connectivity index (χ3v) is 7.15. The Kier molecular flexibility index (Phi) is 7.50. The summed E-state index contributed by atoms with van der Waals surface area (Å²) in [5, 5.41) is 6.92. The van der Waals surface area contributed by atoms with E-state index in [2.05, 4.69) is 10.5 Å². The number of esters is 1. The minimum Gasteiger partial charge on any atom is -0.465 e. The molecule has 1 amide bonds. The number of aryl methyl sites for hydroxylation is 1. The molecule has 5 rings (SSSR count). The molecule has 1 N–H and O–H groups in total. The lowest BCUT2D eigenvalue weighted by molar-refractivity contribution is -0.146. The first-order valence-corrected chi connectivity index (χ1v) is 13.3. The highest BCUT2D eigenvalue weighted by Crippen LogP contribution is 2.49. The summed E-state index contributed by atoms with van der Waals surface area (Å²) in [5.74, 6) is 0.419. The lowest BCUT2D eigenvalue weighted by Crippen LogP contribution is -2.26. The maximum atomic E-state index is 12.4. The Bertz CT molecular complexity index is 1440. The van der Waals surface area contributed by atoms with Gasteiger partial charge in [-0.2, -0.15) is 0 Å². The number of amides is 1. The highest BCUT2D eigenvalue weighted by atomic mass is 16.6. The van der Waals surface area contributed by atoms with Gasteiger partial charge in [0.15, 0.2) is 11.9 Å². The molecule has 0 radical (unpaired) electrons. The molecule has 0 spiro atoms. The molecule has 1 atom stereocenters. The van der Waals surface area contributed by atoms with Gasteiger partial charge in [-0.05, 0) is 55.9 Å². The predicted octanol–water partition coefficient (Wildman–Crippen LogP) is 6.75. The summed E-state index contributed by atoms with van der Waals surface area (Å²) in [6, 6.07) is 25.7. The summed E-state index contributed by atoms with van der Waals surface area (Å²) in [6.07, 6.45) is 0.465.